The van der Waals surface area contributed by atoms with Crippen molar-refractivity contribution < 1.29 is 14.5 Å². The summed E-state index contributed by atoms with van der Waals surface area (Å²) in [6.45, 7) is 2.96. The van der Waals surface area contributed by atoms with Crippen molar-refractivity contribution in [2.24, 2.45) is 0 Å². The molecule has 21 heavy (non-hydrogen) atoms. The van der Waals surface area contributed by atoms with Gasteiger partial charge in [-0.15, -0.1) is 0 Å². The van der Waals surface area contributed by atoms with Gasteiger partial charge in [-0.2, -0.15) is 0 Å². The second kappa shape index (κ2) is 5.88. The summed E-state index contributed by atoms with van der Waals surface area (Å²) in [6, 6.07) is 7.34. The van der Waals surface area contributed by atoms with Gasteiger partial charge in [0, 0.05) is 17.7 Å². The summed E-state index contributed by atoms with van der Waals surface area (Å²) in [5.41, 5.74) is 0.634. The first-order valence-electron chi connectivity index (χ1n) is 5.99. The lowest BCUT2D eigenvalue weighted by molar-refractivity contribution is -0.385. The van der Waals surface area contributed by atoms with Gasteiger partial charge < -0.3 is 4.74 Å². The molecule has 1 heterocycles. The summed E-state index contributed by atoms with van der Waals surface area (Å²) in [6.07, 6.45) is 0. The fourth-order valence-electron chi connectivity index (χ4n) is 1.70. The number of benzene rings is 1. The van der Waals surface area contributed by atoms with Crippen LogP contribution >= 0.6 is 11.6 Å². The third kappa shape index (κ3) is 3.35. The predicted molar refractivity (Wildman–Crippen MR) is 77.2 cm³/mol. The second-order valence-electron chi connectivity index (χ2n) is 4.31. The molecule has 0 atom stereocenters. The highest BCUT2D eigenvalue weighted by atomic mass is 35.5. The number of rotatable bonds is 4. The van der Waals surface area contributed by atoms with Crippen LogP contribution in [-0.2, 0) is 0 Å². The Labute approximate surface area is 125 Å². The molecule has 2 rings (SSSR count). The number of aromatic nitrogens is 1. The molecule has 1 aromatic carbocycles. The van der Waals surface area contributed by atoms with Crippen LogP contribution in [0.15, 0.2) is 30.3 Å². The Morgan fingerprint density at radius 2 is 2.05 bits per heavy atom. The highest BCUT2D eigenvalue weighted by Crippen LogP contribution is 2.30. The maximum absolute atomic E-state index is 11.2. The van der Waals surface area contributed by atoms with E-state index in [9.17, 15) is 14.9 Å². The molecule has 0 aliphatic heterocycles. The number of hydrogen-bond donors (Lipinski definition) is 0. The molecule has 0 amide bonds. The Hall–Kier alpha value is -2.47. The molecule has 0 saturated heterocycles. The van der Waals surface area contributed by atoms with Crippen LogP contribution in [0.3, 0.4) is 0 Å². The average Bonchev–Trinajstić information content (AvgIpc) is 2.40. The van der Waals surface area contributed by atoms with Gasteiger partial charge in [0.1, 0.15) is 11.4 Å². The van der Waals surface area contributed by atoms with Crippen molar-refractivity contribution in [3.8, 4) is 11.6 Å². The Balaban J connectivity index is 2.28. The van der Waals surface area contributed by atoms with Crippen LogP contribution in [0.1, 0.15) is 23.0 Å². The Morgan fingerprint density at radius 1 is 1.33 bits per heavy atom. The van der Waals surface area contributed by atoms with Crippen molar-refractivity contribution in [2.75, 3.05) is 0 Å². The molecule has 0 saturated carbocycles. The predicted octanol–water partition coefficient (Wildman–Crippen LogP) is 3.95. The summed E-state index contributed by atoms with van der Waals surface area (Å²) < 4.78 is 5.48. The number of aryl methyl sites for hydroxylation is 1. The number of nitrogens with zero attached hydrogens (tertiary/aromatic N) is 2. The number of hydrogen-bond acceptors (Lipinski definition) is 5. The maximum Gasteiger partial charge on any atom is 0.290 e. The third-order valence-electron chi connectivity index (χ3n) is 2.78. The molecule has 0 aliphatic rings. The summed E-state index contributed by atoms with van der Waals surface area (Å²) >= 11 is 6.03. The van der Waals surface area contributed by atoms with E-state index in [0.29, 0.717) is 11.3 Å². The van der Waals surface area contributed by atoms with Crippen LogP contribution in [0, 0.1) is 17.0 Å². The molecule has 0 radical (unpaired) electrons. The van der Waals surface area contributed by atoms with Gasteiger partial charge in [0.2, 0.25) is 5.88 Å². The molecule has 7 heteroatoms. The molecule has 2 aromatic rings. The van der Waals surface area contributed by atoms with E-state index in [1.54, 1.807) is 12.1 Å². The number of Topliss-reactive ketones (excluding diaryl/α,β-unsaturated/α-hetero) is 1. The highest BCUT2D eigenvalue weighted by Gasteiger charge is 2.14. The second-order valence-corrected chi connectivity index (χ2v) is 4.72. The zero-order valence-electron chi connectivity index (χ0n) is 11.3. The van der Waals surface area contributed by atoms with Crippen molar-refractivity contribution in [3.63, 3.8) is 0 Å². The van der Waals surface area contributed by atoms with Crippen molar-refractivity contribution in [1.82, 2.24) is 4.98 Å². The minimum Gasteiger partial charge on any atom is -0.437 e. The zero-order valence-corrected chi connectivity index (χ0v) is 12.0. The van der Waals surface area contributed by atoms with Gasteiger partial charge in [-0.3, -0.25) is 14.9 Å². The molecule has 0 spiro atoms. The number of halogens is 1. The van der Waals surface area contributed by atoms with E-state index in [4.69, 9.17) is 16.3 Å². The van der Waals surface area contributed by atoms with E-state index in [0.717, 1.165) is 0 Å². The SMILES string of the molecule is CC(=O)c1ccc(Oc2ccc([N+](=O)[O-])c(C)n2)c(Cl)c1. The average molecular weight is 307 g/mol. The lowest BCUT2D eigenvalue weighted by Crippen LogP contribution is -1.97. The Morgan fingerprint density at radius 3 is 2.57 bits per heavy atom. The molecule has 0 fully saturated rings. The monoisotopic (exact) mass is 306 g/mol. The third-order valence-corrected chi connectivity index (χ3v) is 3.08. The van der Waals surface area contributed by atoms with Gasteiger partial charge in [0.25, 0.3) is 5.69 Å². The molecule has 1 aromatic heterocycles. The van der Waals surface area contributed by atoms with Crippen molar-refractivity contribution >= 4 is 23.1 Å². The molecule has 0 unspecified atom stereocenters. The number of ketones is 1. The molecular formula is C14H11ClN2O4. The van der Waals surface area contributed by atoms with Crippen LogP contribution < -0.4 is 4.74 Å². The lowest BCUT2D eigenvalue weighted by atomic mass is 10.1. The Kier molecular flexibility index (Phi) is 4.18. The number of nitro groups is 1. The highest BCUT2D eigenvalue weighted by molar-refractivity contribution is 6.32. The standard InChI is InChI=1S/C14H11ClN2O4/c1-8-12(17(19)20)4-6-14(16-8)21-13-5-3-10(9(2)18)7-11(13)15/h3-7H,1-2H3. The van der Waals surface area contributed by atoms with E-state index in [1.165, 1.54) is 32.0 Å². The lowest BCUT2D eigenvalue weighted by Gasteiger charge is -2.08. The van der Waals surface area contributed by atoms with Gasteiger partial charge >= 0.3 is 0 Å². The van der Waals surface area contributed by atoms with Crippen molar-refractivity contribution in [3.05, 3.63) is 56.7 Å². The smallest absolute Gasteiger partial charge is 0.290 e. The van der Waals surface area contributed by atoms with Crippen LogP contribution in [0.2, 0.25) is 5.02 Å². The van der Waals surface area contributed by atoms with Gasteiger partial charge in [-0.1, -0.05) is 11.6 Å². The van der Waals surface area contributed by atoms with Gasteiger partial charge in [0.15, 0.2) is 5.78 Å². The molecular weight excluding hydrogens is 296 g/mol. The first-order valence-corrected chi connectivity index (χ1v) is 6.36. The first kappa shape index (κ1) is 14.9. The van der Waals surface area contributed by atoms with Crippen molar-refractivity contribution in [2.45, 2.75) is 13.8 Å². The van der Waals surface area contributed by atoms with E-state index < -0.39 is 4.92 Å². The number of ether oxygens (including phenoxy) is 1. The number of carbonyl (C=O) groups excluding carboxylic acids is 1. The maximum atomic E-state index is 11.2. The van der Waals surface area contributed by atoms with Crippen molar-refractivity contribution in [1.29, 1.82) is 0 Å². The summed E-state index contributed by atoms with van der Waals surface area (Å²) in [5.74, 6) is 0.408. The first-order chi connectivity index (χ1) is 9.88. The normalized spacial score (nSPS) is 10.2. The molecule has 0 N–H and O–H groups in total. The van der Waals surface area contributed by atoms with Gasteiger partial charge in [-0.25, -0.2) is 4.98 Å². The van der Waals surface area contributed by atoms with E-state index in [2.05, 4.69) is 4.98 Å². The van der Waals surface area contributed by atoms with Crippen LogP contribution in [0.5, 0.6) is 11.6 Å². The number of carbonyl (C=O) groups is 1. The Bertz CT molecular complexity index is 731. The molecule has 108 valence electrons. The van der Waals surface area contributed by atoms with Crippen LogP contribution in [0.25, 0.3) is 0 Å². The minimum absolute atomic E-state index is 0.0830. The van der Waals surface area contributed by atoms with E-state index >= 15 is 0 Å². The fourth-order valence-corrected chi connectivity index (χ4v) is 1.91. The van der Waals surface area contributed by atoms with E-state index in [-0.39, 0.29) is 28.1 Å². The molecule has 0 aliphatic carbocycles. The molecule has 0 bridgehead atoms. The van der Waals surface area contributed by atoms with Gasteiger partial charge in [0.05, 0.1) is 9.95 Å². The summed E-state index contributed by atoms with van der Waals surface area (Å²) in [4.78, 5) is 25.4. The summed E-state index contributed by atoms with van der Waals surface area (Å²) in [5, 5.41) is 11.0. The summed E-state index contributed by atoms with van der Waals surface area (Å²) in [7, 11) is 0. The molecule has 6 nitrogen and oxygen atoms in total. The minimum atomic E-state index is -0.513. The van der Waals surface area contributed by atoms with E-state index in [1.807, 2.05) is 0 Å². The number of pyridine rings is 1. The van der Waals surface area contributed by atoms with Crippen LogP contribution in [0.4, 0.5) is 5.69 Å². The van der Waals surface area contributed by atoms with Crippen LogP contribution in [-0.4, -0.2) is 15.7 Å². The quantitative estimate of drug-likeness (QED) is 0.485. The topological polar surface area (TPSA) is 82.3 Å². The zero-order chi connectivity index (χ0) is 15.6. The van der Waals surface area contributed by atoms with Gasteiger partial charge in [-0.05, 0) is 32.0 Å². The fraction of sp³-hybridized carbons (Fsp3) is 0.143. The largest absolute Gasteiger partial charge is 0.437 e.